The van der Waals surface area contributed by atoms with E-state index in [-0.39, 0.29) is 24.4 Å². The van der Waals surface area contributed by atoms with Crippen molar-refractivity contribution in [2.75, 3.05) is 32.1 Å². The number of amides is 3. The Kier molecular flexibility index (Phi) is 9.14. The molecule has 0 radical (unpaired) electrons. The zero-order valence-electron chi connectivity index (χ0n) is 20.1. The van der Waals surface area contributed by atoms with Gasteiger partial charge in [0.2, 0.25) is 5.91 Å². The van der Waals surface area contributed by atoms with E-state index in [4.69, 9.17) is 9.15 Å². The molecule has 0 aliphatic carbocycles. The van der Waals surface area contributed by atoms with Crippen LogP contribution in [0.15, 0.2) is 77.4 Å². The maximum Gasteiger partial charge on any atom is 0.322 e. The Morgan fingerprint density at radius 2 is 1.71 bits per heavy atom. The van der Waals surface area contributed by atoms with E-state index in [9.17, 15) is 9.59 Å². The molecule has 0 fully saturated rings. The van der Waals surface area contributed by atoms with E-state index in [0.717, 1.165) is 12.0 Å². The highest BCUT2D eigenvalue weighted by Gasteiger charge is 2.23. The molecule has 1 heterocycles. The highest BCUT2D eigenvalue weighted by Crippen LogP contribution is 2.16. The van der Waals surface area contributed by atoms with Crippen LogP contribution in [0.2, 0.25) is 0 Å². The van der Waals surface area contributed by atoms with Gasteiger partial charge in [-0.15, -0.1) is 0 Å². The minimum atomic E-state index is -0.312. The third-order valence-electron chi connectivity index (χ3n) is 5.33. The lowest BCUT2D eigenvalue weighted by molar-refractivity contribution is -0.132. The molecule has 3 aromatic rings. The van der Waals surface area contributed by atoms with Crippen molar-refractivity contribution >= 4 is 17.6 Å². The van der Waals surface area contributed by atoms with Gasteiger partial charge in [0.15, 0.2) is 0 Å². The van der Waals surface area contributed by atoms with Crippen LogP contribution in [-0.4, -0.2) is 48.5 Å². The van der Waals surface area contributed by atoms with Crippen molar-refractivity contribution in [2.24, 2.45) is 5.92 Å². The summed E-state index contributed by atoms with van der Waals surface area (Å²) in [5, 5.41) is 2.89. The largest absolute Gasteiger partial charge is 0.497 e. The molecule has 0 aliphatic heterocycles. The maximum absolute atomic E-state index is 13.4. The molecule has 0 saturated carbocycles. The zero-order valence-corrected chi connectivity index (χ0v) is 20.1. The lowest BCUT2D eigenvalue weighted by atomic mass is 10.1. The van der Waals surface area contributed by atoms with E-state index in [0.29, 0.717) is 36.8 Å². The second-order valence-electron chi connectivity index (χ2n) is 8.56. The number of furan rings is 1. The van der Waals surface area contributed by atoms with Crippen LogP contribution in [-0.2, 0) is 17.8 Å². The summed E-state index contributed by atoms with van der Waals surface area (Å²) in [6.07, 6.45) is 2.32. The first-order chi connectivity index (χ1) is 16.4. The van der Waals surface area contributed by atoms with E-state index in [1.165, 1.54) is 0 Å². The molecule has 0 saturated heterocycles. The van der Waals surface area contributed by atoms with Gasteiger partial charge in [-0.2, -0.15) is 0 Å². The van der Waals surface area contributed by atoms with Gasteiger partial charge in [-0.3, -0.25) is 4.79 Å². The third-order valence-corrected chi connectivity index (χ3v) is 5.33. The normalized spacial score (nSPS) is 10.7. The number of benzene rings is 2. The Labute approximate surface area is 201 Å². The van der Waals surface area contributed by atoms with Gasteiger partial charge < -0.3 is 24.3 Å². The molecule has 0 aliphatic rings. The molecule has 0 unspecified atom stereocenters. The molecule has 7 heteroatoms. The predicted octanol–water partition coefficient (Wildman–Crippen LogP) is 5.05. The van der Waals surface area contributed by atoms with Gasteiger partial charge >= 0.3 is 6.03 Å². The highest BCUT2D eigenvalue weighted by atomic mass is 16.5. The van der Waals surface area contributed by atoms with E-state index >= 15 is 0 Å². The predicted molar refractivity (Wildman–Crippen MR) is 133 cm³/mol. The third kappa shape index (κ3) is 7.69. The van der Waals surface area contributed by atoms with Crippen molar-refractivity contribution in [3.05, 3.63) is 84.3 Å². The van der Waals surface area contributed by atoms with Crippen LogP contribution in [0.5, 0.6) is 5.75 Å². The average molecular weight is 464 g/mol. The van der Waals surface area contributed by atoms with Crippen LogP contribution >= 0.6 is 0 Å². The number of ether oxygens (including phenoxy) is 1. The van der Waals surface area contributed by atoms with Crippen molar-refractivity contribution in [3.8, 4) is 5.75 Å². The monoisotopic (exact) mass is 463 g/mol. The maximum atomic E-state index is 13.4. The number of carbonyl (C=O) groups is 2. The number of nitrogens with zero attached hydrogens (tertiary/aromatic N) is 2. The Hall–Kier alpha value is -3.74. The summed E-state index contributed by atoms with van der Waals surface area (Å²) < 4.78 is 10.7. The first kappa shape index (κ1) is 24.9. The summed E-state index contributed by atoms with van der Waals surface area (Å²) in [5.74, 6) is 1.49. The van der Waals surface area contributed by atoms with Crippen molar-refractivity contribution in [3.63, 3.8) is 0 Å². The van der Waals surface area contributed by atoms with Crippen molar-refractivity contribution in [1.29, 1.82) is 0 Å². The summed E-state index contributed by atoms with van der Waals surface area (Å²) >= 11 is 0. The fourth-order valence-electron chi connectivity index (χ4n) is 3.59. The summed E-state index contributed by atoms with van der Waals surface area (Å²) in [7, 11) is 1.59. The fourth-order valence-corrected chi connectivity index (χ4v) is 3.59. The van der Waals surface area contributed by atoms with Crippen LogP contribution in [0.1, 0.15) is 25.2 Å². The summed E-state index contributed by atoms with van der Waals surface area (Å²) in [6, 6.07) is 20.5. The lowest BCUT2D eigenvalue weighted by Gasteiger charge is -2.28. The molecular weight excluding hydrogens is 430 g/mol. The first-order valence-corrected chi connectivity index (χ1v) is 11.5. The quantitative estimate of drug-likeness (QED) is 0.432. The molecule has 3 rings (SSSR count). The number of hydrogen-bond donors (Lipinski definition) is 1. The molecular formula is C27H33N3O4. The smallest absolute Gasteiger partial charge is 0.322 e. The molecule has 34 heavy (non-hydrogen) atoms. The number of urea groups is 1. The number of carbonyl (C=O) groups excluding carboxylic acids is 2. The molecule has 7 nitrogen and oxygen atoms in total. The molecule has 0 spiro atoms. The molecule has 180 valence electrons. The minimum Gasteiger partial charge on any atom is -0.497 e. The van der Waals surface area contributed by atoms with E-state index in [1.54, 1.807) is 47.4 Å². The van der Waals surface area contributed by atoms with Gasteiger partial charge in [-0.05, 0) is 54.3 Å². The van der Waals surface area contributed by atoms with E-state index < -0.39 is 0 Å². The number of rotatable bonds is 11. The van der Waals surface area contributed by atoms with Crippen LogP contribution in [0.25, 0.3) is 0 Å². The van der Waals surface area contributed by atoms with E-state index in [2.05, 4.69) is 5.32 Å². The minimum absolute atomic E-state index is 0.0182. The Balaban J connectivity index is 1.70. The summed E-state index contributed by atoms with van der Waals surface area (Å²) in [5.41, 5.74) is 1.79. The number of nitrogens with one attached hydrogen (secondary N) is 1. The zero-order chi connectivity index (χ0) is 24.3. The second kappa shape index (κ2) is 12.5. The Bertz CT molecular complexity index is 1020. The molecule has 0 atom stereocenters. The average Bonchev–Trinajstić information content (AvgIpc) is 3.35. The molecule has 2 aromatic carbocycles. The van der Waals surface area contributed by atoms with E-state index in [1.807, 2.05) is 56.3 Å². The van der Waals surface area contributed by atoms with Gasteiger partial charge in [0.05, 0.1) is 19.9 Å². The number of anilines is 1. The van der Waals surface area contributed by atoms with Crippen LogP contribution < -0.4 is 10.1 Å². The summed E-state index contributed by atoms with van der Waals surface area (Å²) in [4.78, 5) is 29.7. The second-order valence-corrected chi connectivity index (χ2v) is 8.56. The van der Waals surface area contributed by atoms with Gasteiger partial charge in [-0.25, -0.2) is 4.79 Å². The first-order valence-electron chi connectivity index (χ1n) is 11.5. The lowest BCUT2D eigenvalue weighted by Crippen LogP contribution is -2.46. The van der Waals surface area contributed by atoms with Gasteiger partial charge in [0.25, 0.3) is 0 Å². The highest BCUT2D eigenvalue weighted by molar-refractivity contribution is 5.92. The topological polar surface area (TPSA) is 75.0 Å². The van der Waals surface area contributed by atoms with Crippen LogP contribution in [0.3, 0.4) is 0 Å². The van der Waals surface area contributed by atoms with Gasteiger partial charge in [-0.1, -0.05) is 44.2 Å². The SMILES string of the molecule is COc1ccc(NC(=O)N(CC(=O)N(CCc2ccccc2)Cc2ccco2)CC(C)C)cc1. The van der Waals surface area contributed by atoms with Crippen molar-refractivity contribution in [1.82, 2.24) is 9.80 Å². The standard InChI is InChI=1S/C27H33N3O4/c1-21(2)18-30(27(32)28-23-11-13-24(33-3)14-12-23)20-26(31)29(19-25-10-7-17-34-25)16-15-22-8-5-4-6-9-22/h4-14,17,21H,15-16,18-20H2,1-3H3,(H,28,32). The number of hydrogen-bond acceptors (Lipinski definition) is 4. The van der Waals surface area contributed by atoms with Gasteiger partial charge in [0.1, 0.15) is 18.1 Å². The van der Waals surface area contributed by atoms with Crippen LogP contribution in [0, 0.1) is 5.92 Å². The molecule has 3 amide bonds. The van der Waals surface area contributed by atoms with Gasteiger partial charge in [0, 0.05) is 18.8 Å². The molecule has 1 aromatic heterocycles. The van der Waals surface area contributed by atoms with Crippen LogP contribution in [0.4, 0.5) is 10.5 Å². The molecule has 0 bridgehead atoms. The van der Waals surface area contributed by atoms with Crippen molar-refractivity contribution in [2.45, 2.75) is 26.8 Å². The Morgan fingerprint density at radius 1 is 0.971 bits per heavy atom. The summed E-state index contributed by atoms with van der Waals surface area (Å²) in [6.45, 7) is 5.37. The Morgan fingerprint density at radius 3 is 2.32 bits per heavy atom. The fraction of sp³-hybridized carbons (Fsp3) is 0.333. The van der Waals surface area contributed by atoms with Crippen molar-refractivity contribution < 1.29 is 18.7 Å². The molecule has 1 N–H and O–H groups in total. The number of methoxy groups -OCH3 is 1.